The van der Waals surface area contributed by atoms with Crippen LogP contribution in [0.2, 0.25) is 0 Å². The van der Waals surface area contributed by atoms with Crippen LogP contribution in [-0.4, -0.2) is 10.7 Å². The van der Waals surface area contributed by atoms with E-state index in [4.69, 9.17) is 0 Å². The number of rotatable bonds is 3. The molecule has 0 spiro atoms. The SMILES string of the molecule is C/C(=N/Nc1ccc(C(F)(F)F)cn1)c1cc(F)ccc1F. The molecule has 2 rings (SSSR count). The molecule has 0 aliphatic rings. The monoisotopic (exact) mass is 315 g/mol. The minimum Gasteiger partial charge on any atom is -0.261 e. The van der Waals surface area contributed by atoms with Crippen LogP contribution in [0.1, 0.15) is 18.1 Å². The van der Waals surface area contributed by atoms with Crippen molar-refractivity contribution in [3.63, 3.8) is 0 Å². The molecule has 1 aromatic heterocycles. The molecular weight excluding hydrogens is 305 g/mol. The number of hydrazone groups is 1. The van der Waals surface area contributed by atoms with Crippen molar-refractivity contribution in [1.82, 2.24) is 4.98 Å². The van der Waals surface area contributed by atoms with Crippen molar-refractivity contribution in [2.75, 3.05) is 5.43 Å². The molecule has 1 aromatic carbocycles. The van der Waals surface area contributed by atoms with E-state index < -0.39 is 23.4 Å². The van der Waals surface area contributed by atoms with Gasteiger partial charge in [0.25, 0.3) is 0 Å². The molecule has 0 bridgehead atoms. The van der Waals surface area contributed by atoms with Gasteiger partial charge in [0.2, 0.25) is 0 Å². The van der Waals surface area contributed by atoms with Crippen LogP contribution in [0.15, 0.2) is 41.6 Å². The summed E-state index contributed by atoms with van der Waals surface area (Å²) in [5.41, 5.74) is 1.56. The summed E-state index contributed by atoms with van der Waals surface area (Å²) in [6, 6.07) is 4.82. The average molecular weight is 315 g/mol. The zero-order valence-electron chi connectivity index (χ0n) is 11.2. The van der Waals surface area contributed by atoms with Gasteiger partial charge in [-0.15, -0.1) is 0 Å². The van der Waals surface area contributed by atoms with Crippen molar-refractivity contribution in [2.24, 2.45) is 5.10 Å². The Hall–Kier alpha value is -2.51. The Morgan fingerprint density at radius 2 is 1.86 bits per heavy atom. The summed E-state index contributed by atoms with van der Waals surface area (Å²) in [4.78, 5) is 3.54. The Kier molecular flexibility index (Phi) is 4.39. The molecule has 1 heterocycles. The molecule has 1 N–H and O–H groups in total. The van der Waals surface area contributed by atoms with Crippen LogP contribution in [-0.2, 0) is 6.18 Å². The highest BCUT2D eigenvalue weighted by Gasteiger charge is 2.30. The standard InChI is InChI=1S/C14H10F5N3/c1-8(11-6-10(15)3-4-12(11)16)21-22-13-5-2-9(7-20-13)14(17,18)19/h2-7H,1H3,(H,20,22)/b21-8-. The maximum absolute atomic E-state index is 13.5. The molecule has 3 nitrogen and oxygen atoms in total. The fourth-order valence-corrected chi connectivity index (χ4v) is 1.60. The minimum atomic E-state index is -4.48. The van der Waals surface area contributed by atoms with Crippen LogP contribution in [0.4, 0.5) is 27.8 Å². The highest BCUT2D eigenvalue weighted by Crippen LogP contribution is 2.28. The lowest BCUT2D eigenvalue weighted by molar-refractivity contribution is -0.137. The molecule has 0 saturated carbocycles. The molecule has 8 heteroatoms. The molecule has 0 aliphatic heterocycles. The van der Waals surface area contributed by atoms with Gasteiger partial charge in [0, 0.05) is 11.8 Å². The first-order valence-electron chi connectivity index (χ1n) is 6.06. The van der Waals surface area contributed by atoms with E-state index in [1.165, 1.54) is 6.92 Å². The van der Waals surface area contributed by atoms with Gasteiger partial charge >= 0.3 is 6.18 Å². The predicted molar refractivity (Wildman–Crippen MR) is 71.4 cm³/mol. The van der Waals surface area contributed by atoms with Gasteiger partial charge in [-0.3, -0.25) is 5.43 Å². The number of nitrogens with zero attached hydrogens (tertiary/aromatic N) is 2. The minimum absolute atomic E-state index is 0.0455. The molecule has 116 valence electrons. The van der Waals surface area contributed by atoms with E-state index in [1.54, 1.807) is 0 Å². The normalized spacial score (nSPS) is 12.4. The van der Waals surface area contributed by atoms with Crippen molar-refractivity contribution < 1.29 is 22.0 Å². The number of pyridine rings is 1. The fourth-order valence-electron chi connectivity index (χ4n) is 1.60. The van der Waals surface area contributed by atoms with Gasteiger partial charge in [0.15, 0.2) is 0 Å². The summed E-state index contributed by atoms with van der Waals surface area (Å²) >= 11 is 0. The zero-order chi connectivity index (χ0) is 16.3. The summed E-state index contributed by atoms with van der Waals surface area (Å²) in [6.07, 6.45) is -3.83. The summed E-state index contributed by atoms with van der Waals surface area (Å²) < 4.78 is 63.7. The molecule has 22 heavy (non-hydrogen) atoms. The van der Waals surface area contributed by atoms with Crippen molar-refractivity contribution in [2.45, 2.75) is 13.1 Å². The van der Waals surface area contributed by atoms with E-state index in [0.717, 1.165) is 30.3 Å². The quantitative estimate of drug-likeness (QED) is 0.523. The second kappa shape index (κ2) is 6.08. The summed E-state index contributed by atoms with van der Waals surface area (Å²) in [5, 5.41) is 3.77. The second-order valence-corrected chi connectivity index (χ2v) is 4.36. The van der Waals surface area contributed by atoms with Gasteiger partial charge in [-0.25, -0.2) is 13.8 Å². The lowest BCUT2D eigenvalue weighted by Crippen LogP contribution is -2.07. The highest BCUT2D eigenvalue weighted by atomic mass is 19.4. The summed E-state index contributed by atoms with van der Waals surface area (Å²) in [7, 11) is 0. The summed E-state index contributed by atoms with van der Waals surface area (Å²) in [5.74, 6) is -1.24. The lowest BCUT2D eigenvalue weighted by Gasteiger charge is -2.07. The third-order valence-electron chi connectivity index (χ3n) is 2.75. The Bertz CT molecular complexity index is 693. The third-order valence-corrected chi connectivity index (χ3v) is 2.75. The second-order valence-electron chi connectivity index (χ2n) is 4.36. The van der Waals surface area contributed by atoms with Crippen LogP contribution in [0.3, 0.4) is 0 Å². The topological polar surface area (TPSA) is 37.3 Å². The molecule has 0 unspecified atom stereocenters. The molecule has 0 aliphatic carbocycles. The van der Waals surface area contributed by atoms with Crippen molar-refractivity contribution >= 4 is 11.5 Å². The fraction of sp³-hybridized carbons (Fsp3) is 0.143. The van der Waals surface area contributed by atoms with Crippen LogP contribution in [0.25, 0.3) is 0 Å². The van der Waals surface area contributed by atoms with E-state index >= 15 is 0 Å². The molecule has 2 aromatic rings. The van der Waals surface area contributed by atoms with Crippen LogP contribution < -0.4 is 5.43 Å². The first-order chi connectivity index (χ1) is 10.3. The Balaban J connectivity index is 2.15. The first-order valence-corrected chi connectivity index (χ1v) is 6.06. The lowest BCUT2D eigenvalue weighted by atomic mass is 10.1. The van der Waals surface area contributed by atoms with Crippen LogP contribution >= 0.6 is 0 Å². The van der Waals surface area contributed by atoms with E-state index in [9.17, 15) is 22.0 Å². The van der Waals surface area contributed by atoms with Gasteiger partial charge in [-0.05, 0) is 37.3 Å². The van der Waals surface area contributed by atoms with Crippen LogP contribution in [0, 0.1) is 11.6 Å². The maximum Gasteiger partial charge on any atom is 0.417 e. The van der Waals surface area contributed by atoms with E-state index in [-0.39, 0.29) is 17.1 Å². The Labute approximate surface area is 122 Å². The molecule has 0 atom stereocenters. The largest absolute Gasteiger partial charge is 0.417 e. The van der Waals surface area contributed by atoms with E-state index in [0.29, 0.717) is 6.20 Å². The number of anilines is 1. The third kappa shape index (κ3) is 3.78. The smallest absolute Gasteiger partial charge is 0.261 e. The summed E-state index contributed by atoms with van der Waals surface area (Å²) in [6.45, 7) is 1.43. The number of aromatic nitrogens is 1. The first kappa shape index (κ1) is 15.9. The molecule has 0 radical (unpaired) electrons. The van der Waals surface area contributed by atoms with Crippen molar-refractivity contribution in [3.05, 3.63) is 59.3 Å². The van der Waals surface area contributed by atoms with Gasteiger partial charge < -0.3 is 0 Å². The van der Waals surface area contributed by atoms with Crippen LogP contribution in [0.5, 0.6) is 0 Å². The average Bonchev–Trinajstić information content (AvgIpc) is 2.47. The van der Waals surface area contributed by atoms with Gasteiger partial charge in [-0.1, -0.05) is 0 Å². The number of halogens is 5. The molecule has 0 saturated heterocycles. The zero-order valence-corrected chi connectivity index (χ0v) is 11.2. The molecule has 0 fully saturated rings. The number of nitrogens with one attached hydrogen (secondary N) is 1. The van der Waals surface area contributed by atoms with Crippen molar-refractivity contribution in [1.29, 1.82) is 0 Å². The van der Waals surface area contributed by atoms with E-state index in [2.05, 4.69) is 15.5 Å². The Morgan fingerprint density at radius 3 is 2.45 bits per heavy atom. The van der Waals surface area contributed by atoms with E-state index in [1.807, 2.05) is 0 Å². The van der Waals surface area contributed by atoms with Crippen molar-refractivity contribution in [3.8, 4) is 0 Å². The van der Waals surface area contributed by atoms with Gasteiger partial charge in [-0.2, -0.15) is 18.3 Å². The van der Waals surface area contributed by atoms with Gasteiger partial charge in [0.1, 0.15) is 17.5 Å². The highest BCUT2D eigenvalue weighted by molar-refractivity contribution is 5.99. The van der Waals surface area contributed by atoms with Gasteiger partial charge in [0.05, 0.1) is 11.3 Å². The number of hydrogen-bond acceptors (Lipinski definition) is 3. The molecular formula is C14H10F5N3. The number of alkyl halides is 3. The Morgan fingerprint density at radius 1 is 1.14 bits per heavy atom. The number of benzene rings is 1. The molecule has 0 amide bonds. The number of hydrogen-bond donors (Lipinski definition) is 1. The maximum atomic E-state index is 13.5. The predicted octanol–water partition coefficient (Wildman–Crippen LogP) is 4.21.